The van der Waals surface area contributed by atoms with Gasteiger partial charge in [-0.15, -0.1) is 10.2 Å². The normalized spacial score (nSPS) is 17.8. The topological polar surface area (TPSA) is 80.1 Å². The van der Waals surface area contributed by atoms with E-state index in [1.807, 2.05) is 40.7 Å². The van der Waals surface area contributed by atoms with Gasteiger partial charge >= 0.3 is 0 Å². The van der Waals surface area contributed by atoms with Gasteiger partial charge in [0, 0.05) is 24.7 Å². The summed E-state index contributed by atoms with van der Waals surface area (Å²) in [6.45, 7) is 4.06. The van der Waals surface area contributed by atoms with Gasteiger partial charge in [0.15, 0.2) is 5.82 Å². The van der Waals surface area contributed by atoms with Crippen LogP contribution in [0.4, 0.5) is 0 Å². The van der Waals surface area contributed by atoms with Gasteiger partial charge in [-0.25, -0.2) is 0 Å². The number of amides is 2. The molecule has 4 rings (SSSR count). The van der Waals surface area contributed by atoms with Gasteiger partial charge in [-0.3, -0.25) is 9.59 Å². The molecule has 2 aliphatic rings. The van der Waals surface area contributed by atoms with Gasteiger partial charge in [0.1, 0.15) is 0 Å². The molecule has 29 heavy (non-hydrogen) atoms. The van der Waals surface area contributed by atoms with Crippen molar-refractivity contribution < 1.29 is 9.59 Å². The van der Waals surface area contributed by atoms with Crippen LogP contribution in [-0.2, 0) is 23.3 Å². The number of hydrogen-bond acceptors (Lipinski definition) is 4. The Morgan fingerprint density at radius 1 is 1.14 bits per heavy atom. The quantitative estimate of drug-likeness (QED) is 0.814. The highest BCUT2D eigenvalue weighted by molar-refractivity contribution is 6.30. The van der Waals surface area contributed by atoms with E-state index < -0.39 is 5.41 Å². The van der Waals surface area contributed by atoms with Crippen LogP contribution < -0.4 is 5.32 Å². The molecule has 1 saturated carbocycles. The first kappa shape index (κ1) is 19.9. The Morgan fingerprint density at radius 3 is 2.55 bits per heavy atom. The van der Waals surface area contributed by atoms with Gasteiger partial charge < -0.3 is 14.8 Å². The van der Waals surface area contributed by atoms with Crippen LogP contribution in [0.5, 0.6) is 0 Å². The number of halogens is 1. The highest BCUT2D eigenvalue weighted by Gasteiger charge is 2.45. The number of carbonyl (C=O) groups is 2. The van der Waals surface area contributed by atoms with Gasteiger partial charge in [0.25, 0.3) is 5.91 Å². The molecule has 0 saturated heterocycles. The van der Waals surface area contributed by atoms with Crippen LogP contribution in [0.25, 0.3) is 0 Å². The zero-order chi connectivity index (χ0) is 20.4. The first-order valence-electron chi connectivity index (χ1n) is 10.3. The van der Waals surface area contributed by atoms with Crippen molar-refractivity contribution in [2.45, 2.75) is 57.5 Å². The Hall–Kier alpha value is -2.41. The summed E-state index contributed by atoms with van der Waals surface area (Å²) in [6, 6.07) is 7.68. The average molecular weight is 416 g/mol. The van der Waals surface area contributed by atoms with E-state index in [9.17, 15) is 9.59 Å². The Bertz CT molecular complexity index is 902. The van der Waals surface area contributed by atoms with Crippen molar-refractivity contribution >= 4 is 23.4 Å². The van der Waals surface area contributed by atoms with E-state index >= 15 is 0 Å². The third kappa shape index (κ3) is 3.64. The van der Waals surface area contributed by atoms with Gasteiger partial charge in [-0.2, -0.15) is 0 Å². The zero-order valence-corrected chi connectivity index (χ0v) is 17.4. The number of benzene rings is 1. The molecule has 8 heteroatoms. The number of hydrogen-bond donors (Lipinski definition) is 1. The van der Waals surface area contributed by atoms with Crippen molar-refractivity contribution in [1.29, 1.82) is 0 Å². The number of nitrogens with one attached hydrogen (secondary N) is 1. The monoisotopic (exact) mass is 415 g/mol. The Balaban J connectivity index is 1.55. The summed E-state index contributed by atoms with van der Waals surface area (Å²) in [4.78, 5) is 27.8. The van der Waals surface area contributed by atoms with Gasteiger partial charge in [0.05, 0.1) is 12.0 Å². The highest BCUT2D eigenvalue weighted by Crippen LogP contribution is 2.43. The molecule has 2 amide bonds. The van der Waals surface area contributed by atoms with Crippen molar-refractivity contribution in [3.8, 4) is 0 Å². The number of nitrogens with zero attached hydrogens (tertiary/aromatic N) is 4. The molecule has 0 radical (unpaired) electrons. The van der Waals surface area contributed by atoms with Crippen molar-refractivity contribution in [2.24, 2.45) is 0 Å². The van der Waals surface area contributed by atoms with E-state index in [1.165, 1.54) is 0 Å². The summed E-state index contributed by atoms with van der Waals surface area (Å²) in [5.41, 5.74) is 0.546. The van der Waals surface area contributed by atoms with Crippen LogP contribution in [0.15, 0.2) is 24.3 Å². The second-order valence-corrected chi connectivity index (χ2v) is 8.31. The van der Waals surface area contributed by atoms with E-state index in [1.54, 1.807) is 0 Å². The molecule has 1 fully saturated rings. The standard InChI is InChI=1S/C21H26ClN5O2/c1-2-11-23-19(28)18-25-24-17-14-26(12-13-27(17)18)20(29)21(9-3-4-10-21)15-5-7-16(22)8-6-15/h5-8H,2-4,9-14H2,1H3,(H,23,28). The largest absolute Gasteiger partial charge is 0.349 e. The maximum atomic E-state index is 13.7. The minimum atomic E-state index is -0.492. The molecule has 1 aliphatic heterocycles. The molecule has 154 valence electrons. The van der Waals surface area contributed by atoms with Crippen molar-refractivity contribution in [3.05, 3.63) is 46.5 Å². The second-order valence-electron chi connectivity index (χ2n) is 7.87. The number of rotatable bonds is 5. The fourth-order valence-electron chi connectivity index (χ4n) is 4.49. The van der Waals surface area contributed by atoms with Gasteiger partial charge in [0.2, 0.25) is 11.7 Å². The Kier molecular flexibility index (Phi) is 5.58. The zero-order valence-electron chi connectivity index (χ0n) is 16.7. The summed E-state index contributed by atoms with van der Waals surface area (Å²) >= 11 is 6.06. The number of aromatic nitrogens is 3. The van der Waals surface area contributed by atoms with Crippen LogP contribution >= 0.6 is 11.6 Å². The minimum absolute atomic E-state index is 0.142. The molecule has 1 aromatic carbocycles. The van der Waals surface area contributed by atoms with E-state index in [4.69, 9.17) is 11.6 Å². The lowest BCUT2D eigenvalue weighted by atomic mass is 9.77. The van der Waals surface area contributed by atoms with Crippen molar-refractivity contribution in [1.82, 2.24) is 25.0 Å². The van der Waals surface area contributed by atoms with E-state index in [2.05, 4.69) is 15.5 Å². The summed E-state index contributed by atoms with van der Waals surface area (Å²) in [6.07, 6.45) is 4.64. The molecule has 2 aromatic rings. The maximum absolute atomic E-state index is 13.7. The first-order chi connectivity index (χ1) is 14.0. The van der Waals surface area contributed by atoms with Crippen LogP contribution in [0.1, 0.15) is 61.0 Å². The summed E-state index contributed by atoms with van der Waals surface area (Å²) in [7, 11) is 0. The summed E-state index contributed by atoms with van der Waals surface area (Å²) in [5, 5.41) is 11.8. The average Bonchev–Trinajstić information content (AvgIpc) is 3.39. The lowest BCUT2D eigenvalue weighted by Crippen LogP contribution is -2.48. The van der Waals surface area contributed by atoms with Gasteiger partial charge in [-0.05, 0) is 37.0 Å². The fourth-order valence-corrected chi connectivity index (χ4v) is 4.62. The molecule has 1 N–H and O–H groups in total. The molecule has 1 aliphatic carbocycles. The third-order valence-electron chi connectivity index (χ3n) is 6.04. The molecular weight excluding hydrogens is 390 g/mol. The maximum Gasteiger partial charge on any atom is 0.289 e. The fraction of sp³-hybridized carbons (Fsp3) is 0.524. The second kappa shape index (κ2) is 8.14. The predicted molar refractivity (Wildman–Crippen MR) is 110 cm³/mol. The van der Waals surface area contributed by atoms with Crippen LogP contribution in [0, 0.1) is 0 Å². The van der Waals surface area contributed by atoms with Crippen LogP contribution in [0.3, 0.4) is 0 Å². The smallest absolute Gasteiger partial charge is 0.289 e. The van der Waals surface area contributed by atoms with Crippen LogP contribution in [0.2, 0.25) is 5.02 Å². The lowest BCUT2D eigenvalue weighted by molar-refractivity contribution is -0.139. The van der Waals surface area contributed by atoms with Gasteiger partial charge in [-0.1, -0.05) is 43.5 Å². The Labute approximate surface area is 175 Å². The van der Waals surface area contributed by atoms with Crippen LogP contribution in [-0.4, -0.2) is 44.6 Å². The molecule has 0 atom stereocenters. The molecule has 0 unspecified atom stereocenters. The van der Waals surface area contributed by atoms with E-state index in [0.29, 0.717) is 42.9 Å². The molecule has 0 spiro atoms. The Morgan fingerprint density at radius 2 is 1.86 bits per heavy atom. The number of fused-ring (bicyclic) bond motifs is 1. The third-order valence-corrected chi connectivity index (χ3v) is 6.29. The van der Waals surface area contributed by atoms with E-state index in [-0.39, 0.29) is 11.8 Å². The van der Waals surface area contributed by atoms with Crippen molar-refractivity contribution in [2.75, 3.05) is 13.1 Å². The SMILES string of the molecule is CCCNC(=O)c1nnc2n1CCN(C(=O)C1(c3ccc(Cl)cc3)CCCC1)C2. The molecule has 7 nitrogen and oxygen atoms in total. The minimum Gasteiger partial charge on any atom is -0.349 e. The summed E-state index contributed by atoms with van der Waals surface area (Å²) < 4.78 is 1.83. The molecule has 0 bridgehead atoms. The first-order valence-corrected chi connectivity index (χ1v) is 10.7. The molecular formula is C21H26ClN5O2. The predicted octanol–water partition coefficient (Wildman–Crippen LogP) is 2.93. The van der Waals surface area contributed by atoms with Crippen molar-refractivity contribution in [3.63, 3.8) is 0 Å². The summed E-state index contributed by atoms with van der Waals surface area (Å²) in [5.74, 6) is 0.923. The van der Waals surface area contributed by atoms with E-state index in [0.717, 1.165) is 37.7 Å². The molecule has 1 aromatic heterocycles. The molecule has 2 heterocycles. The number of carbonyl (C=O) groups excluding carboxylic acids is 2. The lowest BCUT2D eigenvalue weighted by Gasteiger charge is -2.36. The highest BCUT2D eigenvalue weighted by atomic mass is 35.5.